The Morgan fingerprint density at radius 1 is 1.10 bits per heavy atom. The van der Waals surface area contributed by atoms with Gasteiger partial charge in [0, 0.05) is 24.6 Å². The van der Waals surface area contributed by atoms with Gasteiger partial charge in [-0.15, -0.1) is 0 Å². The highest BCUT2D eigenvalue weighted by Crippen LogP contribution is 2.35. The number of sulfonamides is 1. The van der Waals surface area contributed by atoms with Crippen LogP contribution in [0.25, 0.3) is 5.69 Å². The van der Waals surface area contributed by atoms with Gasteiger partial charge in [-0.3, -0.25) is 9.10 Å². The van der Waals surface area contributed by atoms with E-state index in [9.17, 15) is 13.2 Å². The van der Waals surface area contributed by atoms with Crippen LogP contribution in [-0.4, -0.2) is 36.7 Å². The summed E-state index contributed by atoms with van der Waals surface area (Å²) in [5.41, 5.74) is 1.86. The Hall–Kier alpha value is -2.26. The van der Waals surface area contributed by atoms with Crippen LogP contribution in [0.15, 0.2) is 55.1 Å². The minimum absolute atomic E-state index is 0.0673. The summed E-state index contributed by atoms with van der Waals surface area (Å²) < 4.78 is 27.2. The molecule has 2 aromatic carbocycles. The van der Waals surface area contributed by atoms with Crippen LogP contribution in [-0.2, 0) is 21.4 Å². The Bertz CT molecular complexity index is 1150. The van der Waals surface area contributed by atoms with Gasteiger partial charge in [0.25, 0.3) is 0 Å². The highest BCUT2D eigenvalue weighted by molar-refractivity contribution is 7.92. The van der Waals surface area contributed by atoms with Crippen LogP contribution in [0, 0.1) is 0 Å². The number of nitrogens with one attached hydrogen (secondary N) is 1. The fourth-order valence-corrected chi connectivity index (χ4v) is 4.22. The summed E-state index contributed by atoms with van der Waals surface area (Å²) in [6, 6.07) is 10.1. The molecule has 0 fully saturated rings. The predicted octanol–water partition coefficient (Wildman–Crippen LogP) is 3.91. The van der Waals surface area contributed by atoms with Crippen molar-refractivity contribution >= 4 is 56.4 Å². The van der Waals surface area contributed by atoms with Crippen molar-refractivity contribution in [2.75, 3.05) is 17.1 Å². The predicted molar refractivity (Wildman–Crippen MR) is 119 cm³/mol. The topological polar surface area (TPSA) is 84.3 Å². The largest absolute Gasteiger partial charge is 0.350 e. The van der Waals surface area contributed by atoms with Gasteiger partial charge in [0.2, 0.25) is 15.9 Å². The van der Waals surface area contributed by atoms with Crippen molar-refractivity contribution in [2.24, 2.45) is 0 Å². The normalized spacial score (nSPS) is 11.3. The molecule has 11 heteroatoms. The van der Waals surface area contributed by atoms with Gasteiger partial charge in [0.05, 0.1) is 33.3 Å². The maximum Gasteiger partial charge on any atom is 0.241 e. The molecule has 1 amide bonds. The van der Waals surface area contributed by atoms with Crippen LogP contribution in [0.3, 0.4) is 0 Å². The fourth-order valence-electron chi connectivity index (χ4n) is 2.67. The fraction of sp³-hybridized carbons (Fsp3) is 0.158. The molecule has 3 rings (SSSR count). The number of carbonyl (C=O) groups is 1. The van der Waals surface area contributed by atoms with E-state index >= 15 is 0 Å². The summed E-state index contributed by atoms with van der Waals surface area (Å²) in [6.45, 7) is -0.223. The lowest BCUT2D eigenvalue weighted by Crippen LogP contribution is -2.40. The molecule has 0 atom stereocenters. The van der Waals surface area contributed by atoms with Crippen LogP contribution < -0.4 is 9.62 Å². The number of halogens is 3. The minimum atomic E-state index is -3.80. The highest BCUT2D eigenvalue weighted by Gasteiger charge is 2.24. The number of nitrogens with zero attached hydrogens (tertiary/aromatic N) is 3. The van der Waals surface area contributed by atoms with Crippen LogP contribution in [0.1, 0.15) is 5.56 Å². The molecule has 7 nitrogen and oxygen atoms in total. The van der Waals surface area contributed by atoms with Crippen molar-refractivity contribution in [1.82, 2.24) is 14.9 Å². The molecular weight excluding hydrogens is 471 g/mol. The zero-order chi connectivity index (χ0) is 21.9. The smallest absolute Gasteiger partial charge is 0.241 e. The third kappa shape index (κ3) is 5.46. The molecule has 0 bridgehead atoms. The molecule has 0 saturated heterocycles. The minimum Gasteiger partial charge on any atom is -0.350 e. The average molecular weight is 488 g/mol. The maximum atomic E-state index is 12.4. The van der Waals surface area contributed by atoms with E-state index in [0.717, 1.165) is 21.8 Å². The number of hydrogen-bond donors (Lipinski definition) is 1. The van der Waals surface area contributed by atoms with Gasteiger partial charge in [-0.25, -0.2) is 13.4 Å². The second-order valence-corrected chi connectivity index (χ2v) is 9.53. The van der Waals surface area contributed by atoms with Crippen molar-refractivity contribution < 1.29 is 13.2 Å². The quantitative estimate of drug-likeness (QED) is 0.512. The Labute approximate surface area is 189 Å². The lowest BCUT2D eigenvalue weighted by molar-refractivity contribution is -0.119. The van der Waals surface area contributed by atoms with Crippen LogP contribution >= 0.6 is 34.8 Å². The molecule has 1 N–H and O–H groups in total. The van der Waals surface area contributed by atoms with Crippen molar-refractivity contribution in [3.8, 4) is 5.69 Å². The van der Waals surface area contributed by atoms with E-state index in [4.69, 9.17) is 34.8 Å². The summed E-state index contributed by atoms with van der Waals surface area (Å²) in [5, 5.41) is 3.08. The van der Waals surface area contributed by atoms with E-state index in [0.29, 0.717) is 0 Å². The van der Waals surface area contributed by atoms with E-state index in [1.807, 2.05) is 35.0 Å². The first-order chi connectivity index (χ1) is 14.1. The summed E-state index contributed by atoms with van der Waals surface area (Å²) in [4.78, 5) is 16.4. The molecule has 0 radical (unpaired) electrons. The SMILES string of the molecule is CS(=O)(=O)N(CC(=O)NCc1ccc(-n2ccnc2)cc1)c1cc(Cl)c(Cl)cc1Cl. The van der Waals surface area contributed by atoms with Crippen LogP contribution in [0.4, 0.5) is 5.69 Å². The standard InChI is InChI=1S/C19H17Cl3N4O3S/c1-30(28,29)26(18-9-16(21)15(20)8-17(18)22)11-19(27)24-10-13-2-4-14(5-3-13)25-7-6-23-12-25/h2-9,12H,10-11H2,1H3,(H,24,27). The first-order valence-electron chi connectivity index (χ1n) is 8.61. The monoisotopic (exact) mass is 486 g/mol. The van der Waals surface area contributed by atoms with E-state index in [1.54, 1.807) is 12.5 Å². The lowest BCUT2D eigenvalue weighted by atomic mass is 10.2. The van der Waals surface area contributed by atoms with Gasteiger partial charge < -0.3 is 9.88 Å². The highest BCUT2D eigenvalue weighted by atomic mass is 35.5. The van der Waals surface area contributed by atoms with Gasteiger partial charge in [-0.1, -0.05) is 46.9 Å². The molecule has 0 aliphatic carbocycles. The second-order valence-electron chi connectivity index (χ2n) is 6.40. The number of carbonyl (C=O) groups excluding carboxylic acids is 1. The number of anilines is 1. The summed E-state index contributed by atoms with van der Waals surface area (Å²) in [7, 11) is -3.80. The van der Waals surface area contributed by atoms with E-state index in [2.05, 4.69) is 10.3 Å². The van der Waals surface area contributed by atoms with Gasteiger partial charge in [-0.05, 0) is 29.8 Å². The molecule has 0 aliphatic rings. The number of aromatic nitrogens is 2. The Morgan fingerprint density at radius 3 is 2.37 bits per heavy atom. The molecule has 0 unspecified atom stereocenters. The van der Waals surface area contributed by atoms with E-state index in [1.165, 1.54) is 12.1 Å². The maximum absolute atomic E-state index is 12.4. The van der Waals surface area contributed by atoms with Gasteiger partial charge in [0.1, 0.15) is 6.54 Å². The van der Waals surface area contributed by atoms with Crippen molar-refractivity contribution in [3.05, 3.63) is 75.8 Å². The Morgan fingerprint density at radius 2 is 1.77 bits per heavy atom. The summed E-state index contributed by atoms with van der Waals surface area (Å²) in [5.74, 6) is -0.499. The zero-order valence-electron chi connectivity index (χ0n) is 15.7. The molecule has 1 aromatic heterocycles. The number of hydrogen-bond acceptors (Lipinski definition) is 4. The average Bonchev–Trinajstić information content (AvgIpc) is 3.22. The first kappa shape index (κ1) is 22.4. The third-order valence-corrected chi connectivity index (χ3v) is 6.33. The Kier molecular flexibility index (Phi) is 6.92. The molecule has 3 aromatic rings. The molecular formula is C19H17Cl3N4O3S. The Balaban J connectivity index is 1.69. The van der Waals surface area contributed by atoms with E-state index in [-0.39, 0.29) is 27.3 Å². The first-order valence-corrected chi connectivity index (χ1v) is 11.6. The van der Waals surface area contributed by atoms with Gasteiger partial charge in [-0.2, -0.15) is 0 Å². The van der Waals surface area contributed by atoms with E-state index < -0.39 is 22.5 Å². The van der Waals surface area contributed by atoms with Crippen LogP contribution in [0.2, 0.25) is 15.1 Å². The third-order valence-electron chi connectivity index (χ3n) is 4.17. The van der Waals surface area contributed by atoms with Crippen molar-refractivity contribution in [1.29, 1.82) is 0 Å². The lowest BCUT2D eigenvalue weighted by Gasteiger charge is -2.23. The van der Waals surface area contributed by atoms with Crippen LogP contribution in [0.5, 0.6) is 0 Å². The number of benzene rings is 2. The van der Waals surface area contributed by atoms with Gasteiger partial charge in [0.15, 0.2) is 0 Å². The molecule has 158 valence electrons. The number of amides is 1. The molecule has 1 heterocycles. The van der Waals surface area contributed by atoms with Gasteiger partial charge >= 0.3 is 0 Å². The van der Waals surface area contributed by atoms with Crippen molar-refractivity contribution in [2.45, 2.75) is 6.54 Å². The molecule has 30 heavy (non-hydrogen) atoms. The number of imidazole rings is 1. The summed E-state index contributed by atoms with van der Waals surface area (Å²) in [6.07, 6.45) is 6.17. The second kappa shape index (κ2) is 9.26. The molecule has 0 aliphatic heterocycles. The summed E-state index contributed by atoms with van der Waals surface area (Å²) >= 11 is 18.0. The molecule has 0 spiro atoms. The molecule has 0 saturated carbocycles. The number of rotatable bonds is 7. The van der Waals surface area contributed by atoms with Crippen molar-refractivity contribution in [3.63, 3.8) is 0 Å². The zero-order valence-corrected chi connectivity index (χ0v) is 18.8.